The number of halogens is 1. The van der Waals surface area contributed by atoms with Gasteiger partial charge < -0.3 is 9.30 Å². The molecule has 0 spiro atoms. The fourth-order valence-corrected chi connectivity index (χ4v) is 2.90. The molecule has 0 N–H and O–H groups in total. The van der Waals surface area contributed by atoms with Crippen LogP contribution in [0.15, 0.2) is 42.5 Å². The van der Waals surface area contributed by atoms with Crippen molar-refractivity contribution >= 4 is 39.1 Å². The Balaban J connectivity index is 2.06. The molecule has 0 bridgehead atoms. The van der Waals surface area contributed by atoms with Crippen molar-refractivity contribution in [1.29, 1.82) is 0 Å². The van der Waals surface area contributed by atoms with Crippen molar-refractivity contribution < 1.29 is 13.9 Å². The molecule has 0 aliphatic rings. The van der Waals surface area contributed by atoms with E-state index >= 15 is 0 Å². The molecular formula is C18H14FN3O2. The Bertz CT molecular complexity index is 1090. The molecule has 0 saturated heterocycles. The molecule has 2 aromatic carbocycles. The standard InChI is InChI=1S/C18H14FN3O2/c1-2-24-16(23)10-22-15-8-7-11(19)9-12(15)17-18(22)21-14-6-4-3-5-13(14)20-17/h3-9H,2,10H2,1H3. The summed E-state index contributed by atoms with van der Waals surface area (Å²) in [4.78, 5) is 21.2. The number of esters is 1. The highest BCUT2D eigenvalue weighted by molar-refractivity contribution is 6.06. The molecule has 0 saturated carbocycles. The third kappa shape index (κ3) is 2.27. The summed E-state index contributed by atoms with van der Waals surface area (Å²) in [5, 5.41) is 0.632. The van der Waals surface area contributed by atoms with Crippen LogP contribution in [0.4, 0.5) is 4.39 Å². The molecule has 2 heterocycles. The van der Waals surface area contributed by atoms with Gasteiger partial charge in [-0.2, -0.15) is 0 Å². The summed E-state index contributed by atoms with van der Waals surface area (Å²) in [6, 6.07) is 11.9. The molecular weight excluding hydrogens is 309 g/mol. The van der Waals surface area contributed by atoms with E-state index in [1.807, 2.05) is 24.3 Å². The van der Waals surface area contributed by atoms with Crippen molar-refractivity contribution in [2.75, 3.05) is 6.61 Å². The first-order valence-corrected chi connectivity index (χ1v) is 7.67. The first kappa shape index (κ1) is 14.6. The maximum absolute atomic E-state index is 13.7. The molecule has 0 atom stereocenters. The van der Waals surface area contributed by atoms with Crippen LogP contribution in [0.25, 0.3) is 33.1 Å². The van der Waals surface area contributed by atoms with Gasteiger partial charge in [-0.25, -0.2) is 14.4 Å². The average molecular weight is 323 g/mol. The highest BCUT2D eigenvalue weighted by Gasteiger charge is 2.17. The Morgan fingerprint density at radius 1 is 1.17 bits per heavy atom. The highest BCUT2D eigenvalue weighted by Crippen LogP contribution is 2.28. The van der Waals surface area contributed by atoms with Crippen LogP contribution in [-0.4, -0.2) is 27.1 Å². The second-order valence-corrected chi connectivity index (χ2v) is 5.44. The SMILES string of the molecule is CCOC(=O)Cn1c2ccc(F)cc2c2nc3ccccc3nc21. The molecule has 0 radical (unpaired) electrons. The topological polar surface area (TPSA) is 57.0 Å². The van der Waals surface area contributed by atoms with Crippen molar-refractivity contribution in [2.24, 2.45) is 0 Å². The first-order valence-electron chi connectivity index (χ1n) is 7.67. The number of benzene rings is 2. The van der Waals surface area contributed by atoms with Gasteiger partial charge in [-0.05, 0) is 37.3 Å². The van der Waals surface area contributed by atoms with Crippen LogP contribution < -0.4 is 0 Å². The molecule has 4 aromatic rings. The van der Waals surface area contributed by atoms with E-state index < -0.39 is 0 Å². The van der Waals surface area contributed by atoms with Gasteiger partial charge in [0.25, 0.3) is 0 Å². The fourth-order valence-electron chi connectivity index (χ4n) is 2.90. The molecule has 6 heteroatoms. The van der Waals surface area contributed by atoms with Gasteiger partial charge in [0.05, 0.1) is 23.2 Å². The molecule has 24 heavy (non-hydrogen) atoms. The van der Waals surface area contributed by atoms with E-state index in [0.717, 1.165) is 11.0 Å². The number of aromatic nitrogens is 3. The summed E-state index contributed by atoms with van der Waals surface area (Å²) in [6.45, 7) is 2.07. The summed E-state index contributed by atoms with van der Waals surface area (Å²) < 4.78 is 20.5. The number of carbonyl (C=O) groups excluding carboxylic acids is 1. The van der Waals surface area contributed by atoms with Gasteiger partial charge in [0.1, 0.15) is 17.9 Å². The second-order valence-electron chi connectivity index (χ2n) is 5.44. The molecule has 0 aliphatic carbocycles. The second kappa shape index (κ2) is 5.56. The zero-order valence-corrected chi connectivity index (χ0v) is 13.0. The lowest BCUT2D eigenvalue weighted by atomic mass is 10.2. The van der Waals surface area contributed by atoms with Gasteiger partial charge in [-0.1, -0.05) is 12.1 Å². The van der Waals surface area contributed by atoms with Crippen molar-refractivity contribution in [3.8, 4) is 0 Å². The van der Waals surface area contributed by atoms with Crippen molar-refractivity contribution in [3.63, 3.8) is 0 Å². The minimum atomic E-state index is -0.365. The van der Waals surface area contributed by atoms with E-state index in [1.165, 1.54) is 12.1 Å². The molecule has 0 aliphatic heterocycles. The van der Waals surface area contributed by atoms with Gasteiger partial charge in [0.15, 0.2) is 5.65 Å². The van der Waals surface area contributed by atoms with Gasteiger partial charge in [-0.15, -0.1) is 0 Å². The lowest BCUT2D eigenvalue weighted by molar-refractivity contribution is -0.143. The predicted octanol–water partition coefficient (Wildman–Crippen LogP) is 3.44. The quantitative estimate of drug-likeness (QED) is 0.542. The van der Waals surface area contributed by atoms with E-state index in [2.05, 4.69) is 9.97 Å². The number of hydrogen-bond acceptors (Lipinski definition) is 4. The lowest BCUT2D eigenvalue weighted by Crippen LogP contribution is -2.13. The largest absolute Gasteiger partial charge is 0.465 e. The number of rotatable bonds is 3. The van der Waals surface area contributed by atoms with E-state index in [9.17, 15) is 9.18 Å². The fraction of sp³-hybridized carbons (Fsp3) is 0.167. The number of hydrogen-bond donors (Lipinski definition) is 0. The number of ether oxygens (including phenoxy) is 1. The van der Waals surface area contributed by atoms with E-state index in [-0.39, 0.29) is 18.3 Å². The zero-order valence-electron chi connectivity index (χ0n) is 13.0. The van der Waals surface area contributed by atoms with E-state index in [0.29, 0.717) is 28.7 Å². The Morgan fingerprint density at radius 2 is 1.92 bits per heavy atom. The van der Waals surface area contributed by atoms with Crippen LogP contribution >= 0.6 is 0 Å². The van der Waals surface area contributed by atoms with Gasteiger partial charge in [-0.3, -0.25) is 4.79 Å². The van der Waals surface area contributed by atoms with Crippen LogP contribution in [0.1, 0.15) is 6.92 Å². The van der Waals surface area contributed by atoms with Crippen LogP contribution in [0.5, 0.6) is 0 Å². The summed E-state index contributed by atoms with van der Waals surface area (Å²) in [7, 11) is 0. The molecule has 0 amide bonds. The molecule has 4 rings (SSSR count). The van der Waals surface area contributed by atoms with Crippen molar-refractivity contribution in [2.45, 2.75) is 13.5 Å². The minimum Gasteiger partial charge on any atom is -0.465 e. The Hall–Kier alpha value is -3.02. The highest BCUT2D eigenvalue weighted by atomic mass is 19.1. The molecule has 2 aromatic heterocycles. The lowest BCUT2D eigenvalue weighted by Gasteiger charge is -2.06. The predicted molar refractivity (Wildman–Crippen MR) is 89.1 cm³/mol. The summed E-state index contributed by atoms with van der Waals surface area (Å²) in [6.07, 6.45) is 0. The monoisotopic (exact) mass is 323 g/mol. The number of carbonyl (C=O) groups is 1. The number of fused-ring (bicyclic) bond motifs is 4. The van der Waals surface area contributed by atoms with Crippen LogP contribution in [0.3, 0.4) is 0 Å². The van der Waals surface area contributed by atoms with Gasteiger partial charge in [0.2, 0.25) is 0 Å². The zero-order chi connectivity index (χ0) is 16.7. The van der Waals surface area contributed by atoms with Crippen molar-refractivity contribution in [3.05, 3.63) is 48.3 Å². The van der Waals surface area contributed by atoms with Crippen LogP contribution in [-0.2, 0) is 16.1 Å². The minimum absolute atomic E-state index is 0.00644. The molecule has 0 fully saturated rings. The summed E-state index contributed by atoms with van der Waals surface area (Å²) in [5.41, 5.74) is 3.27. The summed E-state index contributed by atoms with van der Waals surface area (Å²) >= 11 is 0. The Kier molecular flexibility index (Phi) is 3.37. The molecule has 120 valence electrons. The first-order chi connectivity index (χ1) is 11.7. The maximum Gasteiger partial charge on any atom is 0.326 e. The van der Waals surface area contributed by atoms with E-state index in [4.69, 9.17) is 4.74 Å². The van der Waals surface area contributed by atoms with Crippen LogP contribution in [0.2, 0.25) is 0 Å². The smallest absolute Gasteiger partial charge is 0.326 e. The number of para-hydroxylation sites is 2. The third-order valence-corrected chi connectivity index (χ3v) is 3.90. The summed E-state index contributed by atoms with van der Waals surface area (Å²) in [5.74, 6) is -0.719. The van der Waals surface area contributed by atoms with Gasteiger partial charge in [0, 0.05) is 5.39 Å². The van der Waals surface area contributed by atoms with E-state index in [1.54, 1.807) is 17.6 Å². The van der Waals surface area contributed by atoms with Crippen molar-refractivity contribution in [1.82, 2.24) is 14.5 Å². The third-order valence-electron chi connectivity index (χ3n) is 3.90. The molecule has 5 nitrogen and oxygen atoms in total. The van der Waals surface area contributed by atoms with Crippen LogP contribution in [0, 0.1) is 5.82 Å². The number of nitrogens with zero attached hydrogens (tertiary/aromatic N) is 3. The normalized spacial score (nSPS) is 11.4. The maximum atomic E-state index is 13.7. The molecule has 0 unspecified atom stereocenters. The van der Waals surface area contributed by atoms with Gasteiger partial charge >= 0.3 is 5.97 Å². The average Bonchev–Trinajstić information content (AvgIpc) is 2.86. The Morgan fingerprint density at radius 3 is 2.67 bits per heavy atom. The Labute approximate surface area is 136 Å².